The number of urea groups is 1. The van der Waals surface area contributed by atoms with Crippen molar-refractivity contribution >= 4 is 35.1 Å². The van der Waals surface area contributed by atoms with Crippen LogP contribution >= 0.6 is 0 Å². The largest absolute Gasteiger partial charge is 0.370 e. The molecule has 1 aliphatic rings. The highest BCUT2D eigenvalue weighted by atomic mass is 19.1. The second-order valence-corrected chi connectivity index (χ2v) is 7.49. The van der Waals surface area contributed by atoms with Gasteiger partial charge in [0.2, 0.25) is 11.8 Å². The van der Waals surface area contributed by atoms with Gasteiger partial charge in [-0.25, -0.2) is 9.18 Å². The molecule has 33 heavy (non-hydrogen) atoms. The molecule has 0 bridgehead atoms. The van der Waals surface area contributed by atoms with E-state index in [-0.39, 0.29) is 24.3 Å². The van der Waals surface area contributed by atoms with Crippen LogP contribution < -0.4 is 16.0 Å². The highest BCUT2D eigenvalue weighted by Gasteiger charge is 2.49. The van der Waals surface area contributed by atoms with E-state index in [2.05, 4.69) is 5.32 Å². The van der Waals surface area contributed by atoms with Crippen LogP contribution in [0.25, 0.3) is 0 Å². The molecule has 0 aromatic heterocycles. The first-order valence-electron chi connectivity index (χ1n) is 9.76. The number of nitro benzene ring substituents is 1. The Kier molecular flexibility index (Phi) is 6.38. The van der Waals surface area contributed by atoms with Gasteiger partial charge in [0.1, 0.15) is 17.9 Å². The number of nitrogens with zero attached hydrogens (tertiary/aromatic N) is 3. The van der Waals surface area contributed by atoms with Gasteiger partial charge < -0.3 is 16.0 Å². The van der Waals surface area contributed by atoms with E-state index in [0.717, 1.165) is 17.0 Å². The number of imide groups is 1. The smallest absolute Gasteiger partial charge is 0.325 e. The fourth-order valence-electron chi connectivity index (χ4n) is 3.41. The van der Waals surface area contributed by atoms with E-state index in [4.69, 9.17) is 5.73 Å². The minimum Gasteiger partial charge on any atom is -0.370 e. The van der Waals surface area contributed by atoms with E-state index in [0.29, 0.717) is 10.5 Å². The number of rotatable bonds is 8. The number of hydrogen-bond donors (Lipinski definition) is 2. The van der Waals surface area contributed by atoms with Crippen molar-refractivity contribution in [3.8, 4) is 0 Å². The standard InChI is InChI=1S/C21H20FN5O6/c1-21(13-2-6-16(7-3-13)27(32)33)19(30)26(20(31)24-21)12-18(29)25(11-10-17(23)28)15-8-4-14(22)5-9-15/h2-9H,10-12H2,1H3,(H2,23,28)(H,24,31). The van der Waals surface area contributed by atoms with Crippen molar-refractivity contribution in [2.75, 3.05) is 18.0 Å². The van der Waals surface area contributed by atoms with E-state index in [1.807, 2.05) is 0 Å². The highest BCUT2D eigenvalue weighted by molar-refractivity contribution is 6.10. The molecule has 2 aromatic carbocycles. The molecule has 0 spiro atoms. The second kappa shape index (κ2) is 9.02. The van der Waals surface area contributed by atoms with E-state index < -0.39 is 46.6 Å². The summed E-state index contributed by atoms with van der Waals surface area (Å²) in [4.78, 5) is 61.9. The second-order valence-electron chi connectivity index (χ2n) is 7.49. The van der Waals surface area contributed by atoms with E-state index in [1.54, 1.807) is 0 Å². The number of carbonyl (C=O) groups excluding carboxylic acids is 4. The molecule has 1 fully saturated rings. The van der Waals surface area contributed by atoms with Crippen molar-refractivity contribution in [3.05, 3.63) is 70.0 Å². The summed E-state index contributed by atoms with van der Waals surface area (Å²) in [6, 6.07) is 9.16. The van der Waals surface area contributed by atoms with Crippen molar-refractivity contribution < 1.29 is 28.5 Å². The van der Waals surface area contributed by atoms with Crippen molar-refractivity contribution in [2.45, 2.75) is 18.9 Å². The molecule has 0 radical (unpaired) electrons. The zero-order valence-corrected chi connectivity index (χ0v) is 17.5. The van der Waals surface area contributed by atoms with Crippen LogP contribution in [-0.2, 0) is 19.9 Å². The lowest BCUT2D eigenvalue weighted by Crippen LogP contribution is -2.45. The maximum absolute atomic E-state index is 13.3. The molecule has 11 nitrogen and oxygen atoms in total. The molecule has 1 atom stereocenters. The van der Waals surface area contributed by atoms with Crippen LogP contribution in [0.15, 0.2) is 48.5 Å². The molecule has 1 unspecified atom stereocenters. The normalized spacial score (nSPS) is 17.6. The third kappa shape index (κ3) is 4.79. The predicted molar refractivity (Wildman–Crippen MR) is 113 cm³/mol. The summed E-state index contributed by atoms with van der Waals surface area (Å²) in [5.41, 5.74) is 4.00. The van der Waals surface area contributed by atoms with Gasteiger partial charge in [0, 0.05) is 30.8 Å². The number of nitrogens with two attached hydrogens (primary N) is 1. The lowest BCUT2D eigenvalue weighted by Gasteiger charge is -2.25. The summed E-state index contributed by atoms with van der Waals surface area (Å²) in [5, 5.41) is 13.4. The fraction of sp³-hybridized carbons (Fsp3) is 0.238. The molecule has 0 saturated carbocycles. The number of nitrogens with one attached hydrogen (secondary N) is 1. The number of carbonyl (C=O) groups is 4. The Balaban J connectivity index is 1.83. The van der Waals surface area contributed by atoms with Crippen LogP contribution in [0, 0.1) is 15.9 Å². The van der Waals surface area contributed by atoms with Crippen molar-refractivity contribution in [2.24, 2.45) is 5.73 Å². The van der Waals surface area contributed by atoms with Crippen molar-refractivity contribution in [1.82, 2.24) is 10.2 Å². The number of non-ortho nitro benzene ring substituents is 1. The van der Waals surface area contributed by atoms with Gasteiger partial charge in [0.15, 0.2) is 0 Å². The Hall–Kier alpha value is -4.35. The molecule has 3 N–H and O–H groups in total. The van der Waals surface area contributed by atoms with Gasteiger partial charge in [-0.3, -0.25) is 29.4 Å². The molecule has 3 rings (SSSR count). The van der Waals surface area contributed by atoms with Crippen LogP contribution in [-0.4, -0.2) is 46.7 Å². The maximum atomic E-state index is 13.3. The average molecular weight is 457 g/mol. The molecular weight excluding hydrogens is 437 g/mol. The summed E-state index contributed by atoms with van der Waals surface area (Å²) in [7, 11) is 0. The van der Waals surface area contributed by atoms with Crippen molar-refractivity contribution in [1.29, 1.82) is 0 Å². The van der Waals surface area contributed by atoms with E-state index >= 15 is 0 Å². The van der Waals surface area contributed by atoms with Crippen LogP contribution in [0.1, 0.15) is 18.9 Å². The number of nitro groups is 1. The Morgan fingerprint density at radius 3 is 2.30 bits per heavy atom. The van der Waals surface area contributed by atoms with Gasteiger partial charge in [-0.2, -0.15) is 0 Å². The fourth-order valence-corrected chi connectivity index (χ4v) is 3.41. The average Bonchev–Trinajstić information content (AvgIpc) is 2.99. The molecule has 1 saturated heterocycles. The lowest BCUT2D eigenvalue weighted by atomic mass is 9.92. The van der Waals surface area contributed by atoms with E-state index in [9.17, 15) is 33.7 Å². The van der Waals surface area contributed by atoms with Gasteiger partial charge in [-0.05, 0) is 48.9 Å². The van der Waals surface area contributed by atoms with Crippen LogP contribution in [0.2, 0.25) is 0 Å². The summed E-state index contributed by atoms with van der Waals surface area (Å²) < 4.78 is 13.3. The van der Waals surface area contributed by atoms with Crippen LogP contribution in [0.3, 0.4) is 0 Å². The maximum Gasteiger partial charge on any atom is 0.325 e. The molecule has 2 aromatic rings. The minimum absolute atomic E-state index is 0.136. The first-order chi connectivity index (χ1) is 15.5. The van der Waals surface area contributed by atoms with Crippen LogP contribution in [0.5, 0.6) is 0 Å². The Bertz CT molecular complexity index is 1120. The monoisotopic (exact) mass is 457 g/mol. The molecule has 172 valence electrons. The predicted octanol–water partition coefficient (Wildman–Crippen LogP) is 1.41. The third-order valence-electron chi connectivity index (χ3n) is 5.24. The van der Waals surface area contributed by atoms with Crippen LogP contribution in [0.4, 0.5) is 20.6 Å². The molecule has 12 heteroatoms. The number of primary amides is 1. The summed E-state index contributed by atoms with van der Waals surface area (Å²) in [6.07, 6.45) is -0.191. The Morgan fingerprint density at radius 1 is 1.15 bits per heavy atom. The molecule has 0 aliphatic carbocycles. The van der Waals surface area contributed by atoms with Gasteiger partial charge >= 0.3 is 6.03 Å². The lowest BCUT2D eigenvalue weighted by molar-refractivity contribution is -0.384. The number of amides is 5. The minimum atomic E-state index is -1.54. The van der Waals surface area contributed by atoms with Crippen molar-refractivity contribution in [3.63, 3.8) is 0 Å². The molecule has 5 amide bonds. The first-order valence-corrected chi connectivity index (χ1v) is 9.76. The highest BCUT2D eigenvalue weighted by Crippen LogP contribution is 2.30. The number of benzene rings is 2. The molecule has 1 heterocycles. The first kappa shape index (κ1) is 23.3. The SMILES string of the molecule is CC1(c2ccc([N+](=O)[O-])cc2)NC(=O)N(CC(=O)N(CCC(N)=O)c2ccc(F)cc2)C1=O. The number of hydrogen-bond acceptors (Lipinski definition) is 6. The molecule has 1 aliphatic heterocycles. The zero-order chi connectivity index (χ0) is 24.3. The Labute approximate surface area is 187 Å². The molecular formula is C21H20FN5O6. The third-order valence-corrected chi connectivity index (χ3v) is 5.24. The summed E-state index contributed by atoms with van der Waals surface area (Å²) in [5.74, 6) is -2.63. The van der Waals surface area contributed by atoms with Gasteiger partial charge in [-0.1, -0.05) is 0 Å². The summed E-state index contributed by atoms with van der Waals surface area (Å²) >= 11 is 0. The van der Waals surface area contributed by atoms with Gasteiger partial charge in [0.05, 0.1) is 4.92 Å². The van der Waals surface area contributed by atoms with E-state index in [1.165, 1.54) is 43.3 Å². The number of anilines is 1. The van der Waals surface area contributed by atoms with Gasteiger partial charge in [0.25, 0.3) is 11.6 Å². The quantitative estimate of drug-likeness (QED) is 0.347. The topological polar surface area (TPSA) is 156 Å². The summed E-state index contributed by atoms with van der Waals surface area (Å²) in [6.45, 7) is 0.635. The van der Waals surface area contributed by atoms with Gasteiger partial charge in [-0.15, -0.1) is 0 Å². The number of halogens is 1. The Morgan fingerprint density at radius 2 is 1.76 bits per heavy atom. The zero-order valence-electron chi connectivity index (χ0n) is 17.5.